The molecule has 0 bridgehead atoms. The third-order valence-corrected chi connectivity index (χ3v) is 3.43. The molecule has 2 rings (SSSR count). The molecule has 2 heterocycles. The van der Waals surface area contributed by atoms with Crippen LogP contribution in [0.4, 0.5) is 0 Å². The molecule has 1 aromatic heterocycles. The summed E-state index contributed by atoms with van der Waals surface area (Å²) in [5.74, 6) is 0.326. The van der Waals surface area contributed by atoms with Crippen LogP contribution in [0.3, 0.4) is 0 Å². The third kappa shape index (κ3) is 3.68. The zero-order chi connectivity index (χ0) is 14.5. The summed E-state index contributed by atoms with van der Waals surface area (Å²) < 4.78 is 9.94. The molecule has 0 radical (unpaired) electrons. The second kappa shape index (κ2) is 6.67. The summed E-state index contributed by atoms with van der Waals surface area (Å²) in [6.07, 6.45) is 3.15. The molecule has 1 N–H and O–H groups in total. The Balaban J connectivity index is 1.93. The molecule has 1 aliphatic rings. The van der Waals surface area contributed by atoms with Crippen molar-refractivity contribution >= 4 is 5.91 Å². The van der Waals surface area contributed by atoms with Crippen LogP contribution in [-0.2, 0) is 11.3 Å². The highest BCUT2D eigenvalue weighted by molar-refractivity contribution is 5.92. The molecule has 6 nitrogen and oxygen atoms in total. The molecule has 0 fully saturated rings. The van der Waals surface area contributed by atoms with Gasteiger partial charge in [-0.3, -0.25) is 4.79 Å². The van der Waals surface area contributed by atoms with Crippen molar-refractivity contribution in [2.24, 2.45) is 0 Å². The van der Waals surface area contributed by atoms with E-state index in [1.54, 1.807) is 13.2 Å². The summed E-state index contributed by atoms with van der Waals surface area (Å²) in [6.45, 7) is 4.25. The molecule has 1 unspecified atom stereocenters. The molecule has 1 amide bonds. The summed E-state index contributed by atoms with van der Waals surface area (Å²) >= 11 is 0. The summed E-state index contributed by atoms with van der Waals surface area (Å²) in [6, 6.07) is 1.62. The summed E-state index contributed by atoms with van der Waals surface area (Å²) in [5, 5.41) is 6.70. The van der Waals surface area contributed by atoms with Gasteiger partial charge in [-0.2, -0.15) is 0 Å². The highest BCUT2D eigenvalue weighted by Gasteiger charge is 2.18. The fraction of sp³-hybridized carbons (Fsp3) is 0.571. The molecule has 0 spiro atoms. The van der Waals surface area contributed by atoms with E-state index in [0.717, 1.165) is 19.5 Å². The average molecular weight is 279 g/mol. The predicted octanol–water partition coefficient (Wildman–Crippen LogP) is 1.20. The molecule has 1 atom stereocenters. The highest BCUT2D eigenvalue weighted by Crippen LogP contribution is 2.14. The standard InChI is InChI=1S/C14H21N3O3/c1-10(11-4-6-17(2)7-5-11)15-14(18)13-8-12(9-19-3)20-16-13/h4,8,10H,5-7,9H2,1-3H3,(H,15,18). The number of aromatic nitrogens is 1. The van der Waals surface area contributed by atoms with Crippen molar-refractivity contribution in [2.75, 3.05) is 27.2 Å². The van der Waals surface area contributed by atoms with Crippen molar-refractivity contribution in [3.63, 3.8) is 0 Å². The zero-order valence-corrected chi connectivity index (χ0v) is 12.2. The smallest absolute Gasteiger partial charge is 0.273 e. The lowest BCUT2D eigenvalue weighted by atomic mass is 10.0. The maximum absolute atomic E-state index is 12.1. The maximum atomic E-state index is 12.1. The van der Waals surface area contributed by atoms with Crippen LogP contribution in [0.25, 0.3) is 0 Å². The van der Waals surface area contributed by atoms with E-state index in [1.807, 2.05) is 6.92 Å². The Hall–Kier alpha value is -1.66. The number of likely N-dealkylation sites (N-methyl/N-ethyl adjacent to an activating group) is 1. The highest BCUT2D eigenvalue weighted by atomic mass is 16.5. The third-order valence-electron chi connectivity index (χ3n) is 3.43. The lowest BCUT2D eigenvalue weighted by Crippen LogP contribution is -2.37. The molecule has 0 aliphatic carbocycles. The number of rotatable bonds is 5. The number of ether oxygens (including phenoxy) is 1. The minimum Gasteiger partial charge on any atom is -0.377 e. The van der Waals surface area contributed by atoms with Gasteiger partial charge in [0.15, 0.2) is 11.5 Å². The van der Waals surface area contributed by atoms with Crippen LogP contribution in [0.1, 0.15) is 29.6 Å². The first-order valence-electron chi connectivity index (χ1n) is 6.73. The first kappa shape index (κ1) is 14.7. The van der Waals surface area contributed by atoms with Crippen LogP contribution in [-0.4, -0.2) is 49.3 Å². The van der Waals surface area contributed by atoms with E-state index < -0.39 is 0 Å². The minimum atomic E-state index is -0.219. The number of methoxy groups -OCH3 is 1. The summed E-state index contributed by atoms with van der Waals surface area (Å²) in [5.41, 5.74) is 1.55. The largest absolute Gasteiger partial charge is 0.377 e. The van der Waals surface area contributed by atoms with Gasteiger partial charge in [0, 0.05) is 32.3 Å². The van der Waals surface area contributed by atoms with Gasteiger partial charge >= 0.3 is 0 Å². The second-order valence-electron chi connectivity index (χ2n) is 5.10. The molecular formula is C14H21N3O3. The number of nitrogens with zero attached hydrogens (tertiary/aromatic N) is 2. The van der Waals surface area contributed by atoms with Crippen molar-refractivity contribution < 1.29 is 14.1 Å². The van der Waals surface area contributed by atoms with E-state index in [-0.39, 0.29) is 17.6 Å². The number of hydrogen-bond donors (Lipinski definition) is 1. The van der Waals surface area contributed by atoms with E-state index >= 15 is 0 Å². The van der Waals surface area contributed by atoms with Crippen LogP contribution in [0, 0.1) is 0 Å². The molecule has 1 aliphatic heterocycles. The Morgan fingerprint density at radius 1 is 1.65 bits per heavy atom. The number of nitrogens with one attached hydrogen (secondary N) is 1. The van der Waals surface area contributed by atoms with Crippen molar-refractivity contribution in [2.45, 2.75) is 26.0 Å². The van der Waals surface area contributed by atoms with E-state index in [0.29, 0.717) is 12.4 Å². The van der Waals surface area contributed by atoms with Gasteiger partial charge in [-0.15, -0.1) is 0 Å². The Morgan fingerprint density at radius 2 is 2.45 bits per heavy atom. The molecule has 110 valence electrons. The van der Waals surface area contributed by atoms with Gasteiger partial charge in [-0.25, -0.2) is 0 Å². The number of hydrogen-bond acceptors (Lipinski definition) is 5. The van der Waals surface area contributed by atoms with E-state index in [9.17, 15) is 4.79 Å². The lowest BCUT2D eigenvalue weighted by molar-refractivity contribution is 0.0934. The van der Waals surface area contributed by atoms with Crippen LogP contribution < -0.4 is 5.32 Å². The minimum absolute atomic E-state index is 0.0128. The summed E-state index contributed by atoms with van der Waals surface area (Å²) in [4.78, 5) is 14.3. The van der Waals surface area contributed by atoms with E-state index in [4.69, 9.17) is 9.26 Å². The van der Waals surface area contributed by atoms with Crippen LogP contribution in [0.2, 0.25) is 0 Å². The summed E-state index contributed by atoms with van der Waals surface area (Å²) in [7, 11) is 3.65. The zero-order valence-electron chi connectivity index (χ0n) is 12.2. The van der Waals surface area contributed by atoms with Gasteiger partial charge in [0.2, 0.25) is 0 Å². The van der Waals surface area contributed by atoms with Crippen molar-refractivity contribution in [3.8, 4) is 0 Å². The van der Waals surface area contributed by atoms with Gasteiger partial charge < -0.3 is 19.5 Å². The number of carbonyl (C=O) groups excluding carboxylic acids is 1. The van der Waals surface area contributed by atoms with Gasteiger partial charge in [0.25, 0.3) is 5.91 Å². The Kier molecular flexibility index (Phi) is 4.92. The van der Waals surface area contributed by atoms with Crippen molar-refractivity contribution in [3.05, 3.63) is 29.2 Å². The SMILES string of the molecule is COCc1cc(C(=O)NC(C)C2=CCN(C)CC2)no1. The monoisotopic (exact) mass is 279 g/mol. The van der Waals surface area contributed by atoms with Gasteiger partial charge in [-0.05, 0) is 26.0 Å². The topological polar surface area (TPSA) is 67.6 Å². The normalized spacial score (nSPS) is 17.6. The lowest BCUT2D eigenvalue weighted by Gasteiger charge is -2.25. The Labute approximate surface area is 118 Å². The van der Waals surface area contributed by atoms with Gasteiger partial charge in [0.1, 0.15) is 6.61 Å². The second-order valence-corrected chi connectivity index (χ2v) is 5.10. The molecule has 0 saturated heterocycles. The number of carbonyl (C=O) groups is 1. The van der Waals surface area contributed by atoms with E-state index in [2.05, 4.69) is 28.5 Å². The fourth-order valence-corrected chi connectivity index (χ4v) is 2.17. The number of amides is 1. The average Bonchev–Trinajstić information content (AvgIpc) is 2.88. The Morgan fingerprint density at radius 3 is 3.10 bits per heavy atom. The van der Waals surface area contributed by atoms with Gasteiger partial charge in [-0.1, -0.05) is 11.2 Å². The van der Waals surface area contributed by atoms with Crippen LogP contribution in [0.15, 0.2) is 22.2 Å². The van der Waals surface area contributed by atoms with E-state index in [1.165, 1.54) is 5.57 Å². The van der Waals surface area contributed by atoms with Crippen molar-refractivity contribution in [1.29, 1.82) is 0 Å². The van der Waals surface area contributed by atoms with Crippen LogP contribution >= 0.6 is 0 Å². The molecule has 0 aromatic carbocycles. The maximum Gasteiger partial charge on any atom is 0.273 e. The quantitative estimate of drug-likeness (QED) is 0.820. The van der Waals surface area contributed by atoms with Crippen molar-refractivity contribution in [1.82, 2.24) is 15.4 Å². The van der Waals surface area contributed by atoms with Gasteiger partial charge in [0.05, 0.1) is 0 Å². The Bertz CT molecular complexity index is 496. The molecular weight excluding hydrogens is 258 g/mol. The first-order valence-corrected chi connectivity index (χ1v) is 6.73. The molecule has 6 heteroatoms. The first-order chi connectivity index (χ1) is 9.60. The molecule has 20 heavy (non-hydrogen) atoms. The molecule has 0 saturated carbocycles. The van der Waals surface area contributed by atoms with Crippen LogP contribution in [0.5, 0.6) is 0 Å². The fourth-order valence-electron chi connectivity index (χ4n) is 2.17. The predicted molar refractivity (Wildman–Crippen MR) is 74.3 cm³/mol. The molecule has 1 aromatic rings.